The summed E-state index contributed by atoms with van der Waals surface area (Å²) in [7, 11) is -3.64. The number of aromatic amines is 1. The molecule has 0 spiro atoms. The van der Waals surface area contributed by atoms with Crippen LogP contribution in [0.4, 0.5) is 0 Å². The molecule has 0 fully saturated rings. The van der Waals surface area contributed by atoms with Crippen LogP contribution in [0.2, 0.25) is 0 Å². The highest BCUT2D eigenvalue weighted by Crippen LogP contribution is 2.14. The van der Waals surface area contributed by atoms with E-state index >= 15 is 0 Å². The summed E-state index contributed by atoms with van der Waals surface area (Å²) in [6.07, 6.45) is 0.486. The number of hydrogen-bond acceptors (Lipinski definition) is 5. The lowest BCUT2D eigenvalue weighted by molar-refractivity contribution is 0.587. The van der Waals surface area contributed by atoms with Crippen LogP contribution in [0.1, 0.15) is 22.5 Å². The lowest BCUT2D eigenvalue weighted by atomic mass is 10.1. The monoisotopic (exact) mass is 338 g/mol. The molecule has 0 saturated carbocycles. The van der Waals surface area contributed by atoms with Crippen LogP contribution in [0, 0.1) is 11.3 Å². The average Bonchev–Trinajstić information content (AvgIpc) is 3.06. The van der Waals surface area contributed by atoms with Gasteiger partial charge < -0.3 is 0 Å². The topological polar surface area (TPSA) is 99.5 Å². The number of rotatable bonds is 5. The van der Waals surface area contributed by atoms with Crippen LogP contribution in [0.25, 0.3) is 0 Å². The van der Waals surface area contributed by atoms with Crippen LogP contribution in [-0.2, 0) is 22.0 Å². The third-order valence-corrected chi connectivity index (χ3v) is 4.90. The predicted octanol–water partition coefficient (Wildman–Crippen LogP) is 2.24. The first kappa shape index (κ1) is 15.9. The van der Waals surface area contributed by atoms with E-state index in [1.807, 2.05) is 36.4 Å². The summed E-state index contributed by atoms with van der Waals surface area (Å²) < 4.78 is 24.8. The molecule has 0 bridgehead atoms. The number of benzene rings is 2. The van der Waals surface area contributed by atoms with E-state index in [4.69, 9.17) is 5.26 Å². The Balaban J connectivity index is 1.76. The van der Waals surface area contributed by atoms with Crippen molar-refractivity contribution in [1.29, 1.82) is 5.26 Å². The van der Waals surface area contributed by atoms with Gasteiger partial charge in [-0.15, -0.1) is 5.10 Å². The zero-order chi connectivity index (χ0) is 17.0. The van der Waals surface area contributed by atoms with Gasteiger partial charge in [-0.05, 0) is 23.3 Å². The highest BCUT2D eigenvalue weighted by molar-refractivity contribution is 7.90. The lowest BCUT2D eigenvalue weighted by Crippen LogP contribution is -2.07. The quantitative estimate of drug-likeness (QED) is 0.769. The highest BCUT2D eigenvalue weighted by atomic mass is 32.2. The van der Waals surface area contributed by atoms with Crippen molar-refractivity contribution in [2.24, 2.45) is 0 Å². The first-order valence-electron chi connectivity index (χ1n) is 7.24. The molecular formula is C17H14N4O2S. The van der Waals surface area contributed by atoms with E-state index in [-0.39, 0.29) is 10.9 Å². The Morgan fingerprint density at radius 3 is 2.38 bits per heavy atom. The molecule has 0 amide bonds. The van der Waals surface area contributed by atoms with E-state index in [0.717, 1.165) is 5.56 Å². The van der Waals surface area contributed by atoms with Gasteiger partial charge in [-0.2, -0.15) is 5.26 Å². The smallest absolute Gasteiger partial charge is 0.262 e. The van der Waals surface area contributed by atoms with Crippen LogP contribution in [0.3, 0.4) is 0 Å². The maximum Gasteiger partial charge on any atom is 0.267 e. The fourth-order valence-corrected chi connectivity index (χ4v) is 3.44. The second-order valence-electron chi connectivity index (χ2n) is 5.29. The Bertz CT molecular complexity index is 971. The number of nitriles is 1. The van der Waals surface area contributed by atoms with Crippen molar-refractivity contribution in [3.63, 3.8) is 0 Å². The normalized spacial score (nSPS) is 11.1. The van der Waals surface area contributed by atoms with Crippen LogP contribution in [0.15, 0.2) is 59.8 Å². The summed E-state index contributed by atoms with van der Waals surface area (Å²) >= 11 is 0. The second kappa shape index (κ2) is 6.64. The van der Waals surface area contributed by atoms with Crippen molar-refractivity contribution >= 4 is 9.84 Å². The van der Waals surface area contributed by atoms with Gasteiger partial charge in [0, 0.05) is 6.42 Å². The average molecular weight is 338 g/mol. The van der Waals surface area contributed by atoms with Crippen molar-refractivity contribution in [3.05, 3.63) is 77.1 Å². The number of hydrogen-bond donors (Lipinski definition) is 1. The summed E-state index contributed by atoms with van der Waals surface area (Å²) in [5, 5.41) is 15.1. The van der Waals surface area contributed by atoms with Gasteiger partial charge in [-0.1, -0.05) is 42.5 Å². The first-order chi connectivity index (χ1) is 11.6. The van der Waals surface area contributed by atoms with Gasteiger partial charge in [-0.3, -0.25) is 5.10 Å². The van der Waals surface area contributed by atoms with E-state index in [1.54, 1.807) is 24.3 Å². The fourth-order valence-electron chi connectivity index (χ4n) is 2.24. The number of H-pyrrole nitrogens is 1. The Labute approximate surface area is 139 Å². The van der Waals surface area contributed by atoms with Gasteiger partial charge in [0.05, 0.1) is 17.4 Å². The zero-order valence-corrected chi connectivity index (χ0v) is 13.5. The Morgan fingerprint density at radius 2 is 1.71 bits per heavy atom. The molecule has 0 aliphatic rings. The van der Waals surface area contributed by atoms with Crippen molar-refractivity contribution in [3.8, 4) is 6.07 Å². The molecule has 6 nitrogen and oxygen atoms in total. The van der Waals surface area contributed by atoms with Crippen molar-refractivity contribution in [2.75, 3.05) is 0 Å². The molecule has 0 saturated heterocycles. The zero-order valence-electron chi connectivity index (χ0n) is 12.7. The summed E-state index contributed by atoms with van der Waals surface area (Å²) in [5.41, 5.74) is 2.09. The minimum Gasteiger partial charge on any atom is -0.262 e. The van der Waals surface area contributed by atoms with Crippen LogP contribution in [-0.4, -0.2) is 23.6 Å². The molecule has 1 N–H and O–H groups in total. The Hall–Kier alpha value is -2.98. The third kappa shape index (κ3) is 3.67. The largest absolute Gasteiger partial charge is 0.267 e. The Morgan fingerprint density at radius 1 is 1.00 bits per heavy atom. The number of nitrogens with one attached hydrogen (secondary N) is 1. The SMILES string of the molecule is N#Cc1ccc(CS(=O)(=O)c2n[nH]c(Cc3ccccc3)n2)cc1. The van der Waals surface area contributed by atoms with Gasteiger partial charge in [0.15, 0.2) is 0 Å². The van der Waals surface area contributed by atoms with Crippen LogP contribution < -0.4 is 0 Å². The van der Waals surface area contributed by atoms with E-state index in [2.05, 4.69) is 15.2 Å². The third-order valence-electron chi connectivity index (χ3n) is 3.44. The number of nitrogens with zero attached hydrogens (tertiary/aromatic N) is 3. The highest BCUT2D eigenvalue weighted by Gasteiger charge is 2.21. The molecule has 0 aliphatic carbocycles. The van der Waals surface area contributed by atoms with E-state index in [0.29, 0.717) is 23.4 Å². The fraction of sp³-hybridized carbons (Fsp3) is 0.118. The molecule has 0 atom stereocenters. The van der Waals surface area contributed by atoms with E-state index < -0.39 is 9.84 Å². The van der Waals surface area contributed by atoms with E-state index in [1.165, 1.54) is 0 Å². The summed E-state index contributed by atoms with van der Waals surface area (Å²) in [4.78, 5) is 4.10. The molecule has 2 aromatic carbocycles. The second-order valence-corrected chi connectivity index (χ2v) is 7.18. The summed E-state index contributed by atoms with van der Waals surface area (Å²) in [5.74, 6) is 0.293. The van der Waals surface area contributed by atoms with Crippen molar-refractivity contribution in [1.82, 2.24) is 15.2 Å². The van der Waals surface area contributed by atoms with Gasteiger partial charge in [0.2, 0.25) is 9.84 Å². The maximum absolute atomic E-state index is 12.4. The Kier molecular flexibility index (Phi) is 4.40. The summed E-state index contributed by atoms with van der Waals surface area (Å²) in [6.45, 7) is 0. The summed E-state index contributed by atoms with van der Waals surface area (Å²) in [6, 6.07) is 18.0. The van der Waals surface area contributed by atoms with Crippen molar-refractivity contribution < 1.29 is 8.42 Å². The molecule has 24 heavy (non-hydrogen) atoms. The first-order valence-corrected chi connectivity index (χ1v) is 8.89. The molecule has 120 valence electrons. The van der Waals surface area contributed by atoms with Gasteiger partial charge in [-0.25, -0.2) is 13.4 Å². The van der Waals surface area contributed by atoms with Crippen LogP contribution >= 0.6 is 0 Å². The molecule has 3 rings (SSSR count). The van der Waals surface area contributed by atoms with Gasteiger partial charge >= 0.3 is 0 Å². The molecule has 0 radical (unpaired) electrons. The number of aromatic nitrogens is 3. The molecule has 1 heterocycles. The lowest BCUT2D eigenvalue weighted by Gasteiger charge is -2.00. The molecular weight excluding hydrogens is 324 g/mol. The molecule has 7 heteroatoms. The molecule has 1 aromatic heterocycles. The standard InChI is InChI=1S/C17H14N4O2S/c18-11-14-6-8-15(9-7-14)12-24(22,23)17-19-16(20-21-17)10-13-4-2-1-3-5-13/h1-9H,10,12H2,(H,19,20,21). The van der Waals surface area contributed by atoms with Gasteiger partial charge in [0.1, 0.15) is 5.82 Å². The van der Waals surface area contributed by atoms with E-state index in [9.17, 15) is 8.42 Å². The van der Waals surface area contributed by atoms with Gasteiger partial charge in [0.25, 0.3) is 5.16 Å². The maximum atomic E-state index is 12.4. The predicted molar refractivity (Wildman–Crippen MR) is 87.7 cm³/mol. The van der Waals surface area contributed by atoms with Crippen LogP contribution in [0.5, 0.6) is 0 Å². The molecule has 0 unspecified atom stereocenters. The minimum atomic E-state index is -3.64. The number of sulfone groups is 1. The van der Waals surface area contributed by atoms with Crippen molar-refractivity contribution in [2.45, 2.75) is 17.3 Å². The molecule has 0 aliphatic heterocycles. The molecule has 3 aromatic rings. The minimum absolute atomic E-state index is 0.207.